The average molecular weight is 423 g/mol. The SMILES string of the molecule is CCOCCC1CCN(C(=O)C(C)(C)CC2CN(C(=O)C(C)(C)C)CCC2C)CC1. The summed E-state index contributed by atoms with van der Waals surface area (Å²) in [5.74, 6) is 2.13. The smallest absolute Gasteiger partial charge is 0.228 e. The Labute approximate surface area is 184 Å². The van der Waals surface area contributed by atoms with Crippen LogP contribution in [0.3, 0.4) is 0 Å². The third kappa shape index (κ3) is 6.70. The van der Waals surface area contributed by atoms with Crippen molar-refractivity contribution in [2.45, 2.75) is 80.6 Å². The number of amides is 2. The Morgan fingerprint density at radius 2 is 1.53 bits per heavy atom. The molecular formula is C25H46N2O3. The lowest BCUT2D eigenvalue weighted by atomic mass is 9.74. The second-order valence-electron chi connectivity index (χ2n) is 11.3. The molecule has 0 spiro atoms. The monoisotopic (exact) mass is 422 g/mol. The summed E-state index contributed by atoms with van der Waals surface area (Å²) in [5.41, 5.74) is -0.728. The largest absolute Gasteiger partial charge is 0.382 e. The first-order chi connectivity index (χ1) is 14.0. The van der Waals surface area contributed by atoms with Crippen molar-refractivity contribution in [2.75, 3.05) is 39.4 Å². The van der Waals surface area contributed by atoms with Crippen molar-refractivity contribution >= 4 is 11.8 Å². The summed E-state index contributed by atoms with van der Waals surface area (Å²) in [6.45, 7) is 19.5. The fraction of sp³-hybridized carbons (Fsp3) is 0.920. The molecule has 0 radical (unpaired) electrons. The highest BCUT2D eigenvalue weighted by Crippen LogP contribution is 2.37. The average Bonchev–Trinajstić information content (AvgIpc) is 2.68. The van der Waals surface area contributed by atoms with Gasteiger partial charge in [0.05, 0.1) is 0 Å². The Kier molecular flexibility index (Phi) is 8.79. The van der Waals surface area contributed by atoms with Crippen LogP contribution in [0.15, 0.2) is 0 Å². The van der Waals surface area contributed by atoms with Crippen LogP contribution >= 0.6 is 0 Å². The van der Waals surface area contributed by atoms with Crippen LogP contribution < -0.4 is 0 Å². The van der Waals surface area contributed by atoms with Crippen LogP contribution in [-0.4, -0.2) is 61.0 Å². The van der Waals surface area contributed by atoms with E-state index in [0.717, 1.165) is 71.5 Å². The first-order valence-electron chi connectivity index (χ1n) is 12.1. The highest BCUT2D eigenvalue weighted by atomic mass is 16.5. The summed E-state index contributed by atoms with van der Waals surface area (Å²) in [6, 6.07) is 0. The second kappa shape index (κ2) is 10.5. The minimum Gasteiger partial charge on any atom is -0.382 e. The molecule has 2 atom stereocenters. The third-order valence-corrected chi connectivity index (χ3v) is 7.17. The molecule has 0 aromatic heterocycles. The molecule has 0 aromatic carbocycles. The normalized spacial score (nSPS) is 24.2. The molecule has 2 fully saturated rings. The molecular weight excluding hydrogens is 376 g/mol. The van der Waals surface area contributed by atoms with Crippen LogP contribution in [0.4, 0.5) is 0 Å². The highest BCUT2D eigenvalue weighted by molar-refractivity contribution is 5.82. The van der Waals surface area contributed by atoms with Crippen molar-refractivity contribution in [1.29, 1.82) is 0 Å². The maximum atomic E-state index is 13.4. The minimum absolute atomic E-state index is 0.234. The van der Waals surface area contributed by atoms with Crippen molar-refractivity contribution in [3.05, 3.63) is 0 Å². The number of hydrogen-bond acceptors (Lipinski definition) is 3. The van der Waals surface area contributed by atoms with Crippen LogP contribution in [0.1, 0.15) is 80.6 Å². The zero-order valence-electron chi connectivity index (χ0n) is 20.6. The molecule has 2 unspecified atom stereocenters. The molecule has 5 nitrogen and oxygen atoms in total. The molecule has 2 rings (SSSR count). The van der Waals surface area contributed by atoms with E-state index in [4.69, 9.17) is 4.74 Å². The molecule has 5 heteroatoms. The van der Waals surface area contributed by atoms with E-state index < -0.39 is 0 Å². The van der Waals surface area contributed by atoms with E-state index in [1.807, 2.05) is 32.6 Å². The number of nitrogens with zero attached hydrogens (tertiary/aromatic N) is 2. The molecule has 2 amide bonds. The topological polar surface area (TPSA) is 49.9 Å². The second-order valence-corrected chi connectivity index (χ2v) is 11.3. The Bertz CT molecular complexity index is 573. The third-order valence-electron chi connectivity index (χ3n) is 7.17. The lowest BCUT2D eigenvalue weighted by molar-refractivity contribution is -0.145. The maximum absolute atomic E-state index is 13.4. The number of likely N-dealkylation sites (tertiary alicyclic amines) is 2. The molecule has 2 aliphatic heterocycles. The van der Waals surface area contributed by atoms with Crippen LogP contribution in [0, 0.1) is 28.6 Å². The van der Waals surface area contributed by atoms with Crippen LogP contribution in [-0.2, 0) is 14.3 Å². The van der Waals surface area contributed by atoms with Gasteiger partial charge in [-0.3, -0.25) is 9.59 Å². The van der Waals surface area contributed by atoms with Gasteiger partial charge in [0.15, 0.2) is 0 Å². The zero-order valence-corrected chi connectivity index (χ0v) is 20.6. The van der Waals surface area contributed by atoms with Gasteiger partial charge in [-0.2, -0.15) is 0 Å². The molecule has 2 heterocycles. The van der Waals surface area contributed by atoms with Crippen molar-refractivity contribution in [2.24, 2.45) is 28.6 Å². The fourth-order valence-corrected chi connectivity index (χ4v) is 5.06. The summed E-state index contributed by atoms with van der Waals surface area (Å²) in [6.07, 6.45) is 5.16. The lowest BCUT2D eigenvalue weighted by Gasteiger charge is -2.43. The van der Waals surface area contributed by atoms with E-state index in [9.17, 15) is 9.59 Å². The van der Waals surface area contributed by atoms with Gasteiger partial charge in [-0.25, -0.2) is 0 Å². The van der Waals surface area contributed by atoms with Gasteiger partial charge in [-0.05, 0) is 56.8 Å². The van der Waals surface area contributed by atoms with Gasteiger partial charge in [-0.15, -0.1) is 0 Å². The van der Waals surface area contributed by atoms with Crippen LogP contribution in [0.2, 0.25) is 0 Å². The number of piperidine rings is 2. The highest BCUT2D eigenvalue weighted by Gasteiger charge is 2.40. The van der Waals surface area contributed by atoms with Crippen molar-refractivity contribution in [3.63, 3.8) is 0 Å². The van der Waals surface area contributed by atoms with E-state index >= 15 is 0 Å². The van der Waals surface area contributed by atoms with Crippen molar-refractivity contribution < 1.29 is 14.3 Å². The summed E-state index contributed by atoms with van der Waals surface area (Å²) in [7, 11) is 0. The number of carbonyl (C=O) groups is 2. The van der Waals surface area contributed by atoms with E-state index in [0.29, 0.717) is 17.8 Å². The van der Waals surface area contributed by atoms with Crippen molar-refractivity contribution in [1.82, 2.24) is 9.80 Å². The number of ether oxygens (including phenoxy) is 1. The lowest BCUT2D eigenvalue weighted by Crippen LogP contribution is -2.50. The number of rotatable bonds is 7. The first-order valence-corrected chi connectivity index (χ1v) is 12.1. The summed E-state index contributed by atoms with van der Waals surface area (Å²) < 4.78 is 5.50. The van der Waals surface area contributed by atoms with E-state index in [1.54, 1.807) is 0 Å². The van der Waals surface area contributed by atoms with Gasteiger partial charge in [-0.1, -0.05) is 41.5 Å². The standard InChI is InChI=1S/C25H46N2O3/c1-8-30-16-12-20-10-14-26(15-11-20)23(29)25(6,7)17-21-18-27(13-9-19(21)2)22(28)24(3,4)5/h19-21H,8-18H2,1-7H3. The van der Waals surface area contributed by atoms with Crippen LogP contribution in [0.5, 0.6) is 0 Å². The Balaban J connectivity index is 1.91. The predicted octanol–water partition coefficient (Wildman–Crippen LogP) is 4.60. The number of hydrogen-bond donors (Lipinski definition) is 0. The molecule has 0 aromatic rings. The Hall–Kier alpha value is -1.10. The van der Waals surface area contributed by atoms with Gasteiger partial charge < -0.3 is 14.5 Å². The molecule has 174 valence electrons. The predicted molar refractivity (Wildman–Crippen MR) is 122 cm³/mol. The van der Waals surface area contributed by atoms with E-state index in [1.165, 1.54) is 0 Å². The molecule has 30 heavy (non-hydrogen) atoms. The van der Waals surface area contributed by atoms with Crippen LogP contribution in [0.25, 0.3) is 0 Å². The fourth-order valence-electron chi connectivity index (χ4n) is 5.06. The van der Waals surface area contributed by atoms with Gasteiger partial charge in [0, 0.05) is 50.2 Å². The summed E-state index contributed by atoms with van der Waals surface area (Å²) >= 11 is 0. The molecule has 0 N–H and O–H groups in total. The molecule has 0 bridgehead atoms. The first kappa shape index (κ1) is 25.2. The van der Waals surface area contributed by atoms with Gasteiger partial charge in [0.25, 0.3) is 0 Å². The molecule has 0 aliphatic carbocycles. The zero-order chi connectivity index (χ0) is 22.5. The van der Waals surface area contributed by atoms with Gasteiger partial charge in [0.2, 0.25) is 11.8 Å². The number of carbonyl (C=O) groups excluding carboxylic acids is 2. The quantitative estimate of drug-likeness (QED) is 0.564. The van der Waals surface area contributed by atoms with E-state index in [-0.39, 0.29) is 22.6 Å². The molecule has 2 aliphatic rings. The summed E-state index contributed by atoms with van der Waals surface area (Å²) in [4.78, 5) is 30.3. The van der Waals surface area contributed by atoms with Crippen molar-refractivity contribution in [3.8, 4) is 0 Å². The Morgan fingerprint density at radius 1 is 0.933 bits per heavy atom. The molecule has 2 saturated heterocycles. The van der Waals surface area contributed by atoms with E-state index in [2.05, 4.69) is 25.7 Å². The maximum Gasteiger partial charge on any atom is 0.228 e. The Morgan fingerprint density at radius 3 is 2.10 bits per heavy atom. The van der Waals surface area contributed by atoms with Gasteiger partial charge in [0.1, 0.15) is 0 Å². The summed E-state index contributed by atoms with van der Waals surface area (Å²) in [5, 5.41) is 0. The molecule has 0 saturated carbocycles. The minimum atomic E-state index is -0.384. The van der Waals surface area contributed by atoms with Gasteiger partial charge >= 0.3 is 0 Å².